The van der Waals surface area contributed by atoms with E-state index in [1.807, 2.05) is 0 Å². The van der Waals surface area contributed by atoms with Crippen molar-refractivity contribution in [3.05, 3.63) is 16.8 Å². The van der Waals surface area contributed by atoms with Crippen LogP contribution in [0.2, 0.25) is 5.02 Å². The SMILES string of the molecule is COC(=O)c1cc(Cl)c(OC)o1. The minimum absolute atomic E-state index is 0.0272. The van der Waals surface area contributed by atoms with Gasteiger partial charge in [0.25, 0.3) is 0 Å². The van der Waals surface area contributed by atoms with Crippen LogP contribution in [0.15, 0.2) is 10.5 Å². The van der Waals surface area contributed by atoms with E-state index in [0.717, 1.165) is 0 Å². The number of hydrogen-bond acceptors (Lipinski definition) is 4. The van der Waals surface area contributed by atoms with Crippen molar-refractivity contribution in [3.63, 3.8) is 0 Å². The molecular weight excluding hydrogens is 184 g/mol. The zero-order valence-electron chi connectivity index (χ0n) is 6.59. The lowest BCUT2D eigenvalue weighted by atomic mass is 10.4. The van der Waals surface area contributed by atoms with Crippen LogP contribution in [0.5, 0.6) is 5.95 Å². The summed E-state index contributed by atoms with van der Waals surface area (Å²) in [6, 6.07) is 1.34. The van der Waals surface area contributed by atoms with Crippen molar-refractivity contribution in [1.29, 1.82) is 0 Å². The Labute approximate surface area is 74.0 Å². The molecule has 1 aromatic rings. The molecule has 0 aliphatic carbocycles. The first-order chi connectivity index (χ1) is 5.69. The second-order valence-electron chi connectivity index (χ2n) is 1.94. The van der Waals surface area contributed by atoms with E-state index in [0.29, 0.717) is 0 Å². The number of carbonyl (C=O) groups is 1. The fourth-order valence-electron chi connectivity index (χ4n) is 0.692. The minimum atomic E-state index is -0.583. The highest BCUT2D eigenvalue weighted by molar-refractivity contribution is 6.32. The monoisotopic (exact) mass is 190 g/mol. The summed E-state index contributed by atoms with van der Waals surface area (Å²) in [7, 11) is 2.65. The fourth-order valence-corrected chi connectivity index (χ4v) is 0.907. The maximum atomic E-state index is 10.9. The number of furan rings is 1. The Morgan fingerprint density at radius 3 is 2.67 bits per heavy atom. The summed E-state index contributed by atoms with van der Waals surface area (Å²) in [6.07, 6.45) is 0. The molecule has 66 valence electrons. The lowest BCUT2D eigenvalue weighted by Crippen LogP contribution is -1.98. The predicted molar refractivity (Wildman–Crippen MR) is 41.6 cm³/mol. The molecule has 0 saturated heterocycles. The Kier molecular flexibility index (Phi) is 2.60. The van der Waals surface area contributed by atoms with E-state index in [-0.39, 0.29) is 16.7 Å². The lowest BCUT2D eigenvalue weighted by Gasteiger charge is -1.93. The van der Waals surface area contributed by atoms with Gasteiger partial charge in [0, 0.05) is 6.07 Å². The van der Waals surface area contributed by atoms with Gasteiger partial charge < -0.3 is 13.9 Å². The van der Waals surface area contributed by atoms with Crippen molar-refractivity contribution in [2.75, 3.05) is 14.2 Å². The molecular formula is C7H7ClO4. The standard InChI is InChI=1S/C7H7ClO4/c1-10-6(9)5-3-4(8)7(11-2)12-5/h3H,1-2H3. The average molecular weight is 191 g/mol. The van der Waals surface area contributed by atoms with E-state index in [4.69, 9.17) is 20.8 Å². The highest BCUT2D eigenvalue weighted by Gasteiger charge is 2.15. The number of rotatable bonds is 2. The molecule has 0 N–H and O–H groups in total. The van der Waals surface area contributed by atoms with Crippen LogP contribution >= 0.6 is 11.6 Å². The second kappa shape index (κ2) is 3.49. The molecule has 0 bridgehead atoms. The zero-order valence-corrected chi connectivity index (χ0v) is 7.34. The number of halogens is 1. The quantitative estimate of drug-likeness (QED) is 0.667. The number of hydrogen-bond donors (Lipinski definition) is 0. The molecule has 0 radical (unpaired) electrons. The molecule has 1 aromatic heterocycles. The second-order valence-corrected chi connectivity index (χ2v) is 2.35. The van der Waals surface area contributed by atoms with Crippen LogP contribution in [0.1, 0.15) is 10.6 Å². The summed E-state index contributed by atoms with van der Waals surface area (Å²) in [5, 5.41) is 0.248. The molecule has 0 spiro atoms. The van der Waals surface area contributed by atoms with Gasteiger partial charge in [-0.3, -0.25) is 0 Å². The van der Waals surface area contributed by atoms with Gasteiger partial charge in [-0.05, 0) is 0 Å². The Morgan fingerprint density at radius 1 is 1.58 bits per heavy atom. The molecule has 0 saturated carbocycles. The Hall–Kier alpha value is -1.16. The van der Waals surface area contributed by atoms with Crippen molar-refractivity contribution >= 4 is 17.6 Å². The summed E-state index contributed by atoms with van der Waals surface area (Å²) in [4.78, 5) is 10.9. The van der Waals surface area contributed by atoms with Crippen LogP contribution in [0.3, 0.4) is 0 Å². The van der Waals surface area contributed by atoms with Crippen LogP contribution in [0.4, 0.5) is 0 Å². The third-order valence-corrected chi connectivity index (χ3v) is 1.49. The Balaban J connectivity index is 2.96. The summed E-state index contributed by atoms with van der Waals surface area (Å²) < 4.78 is 14.0. The predicted octanol–water partition coefficient (Wildman–Crippen LogP) is 1.73. The summed E-state index contributed by atoms with van der Waals surface area (Å²) in [5.41, 5.74) is 0. The highest BCUT2D eigenvalue weighted by atomic mass is 35.5. The van der Waals surface area contributed by atoms with E-state index in [9.17, 15) is 4.79 Å². The van der Waals surface area contributed by atoms with Gasteiger partial charge in [0.15, 0.2) is 0 Å². The van der Waals surface area contributed by atoms with Gasteiger partial charge in [0.05, 0.1) is 14.2 Å². The van der Waals surface area contributed by atoms with E-state index < -0.39 is 5.97 Å². The molecule has 1 heterocycles. The van der Waals surface area contributed by atoms with Gasteiger partial charge in [0.1, 0.15) is 5.02 Å². The van der Waals surface area contributed by atoms with Gasteiger partial charge in [-0.25, -0.2) is 4.79 Å². The van der Waals surface area contributed by atoms with Crippen molar-refractivity contribution in [2.45, 2.75) is 0 Å². The molecule has 0 aliphatic heterocycles. The third-order valence-electron chi connectivity index (χ3n) is 1.23. The first-order valence-electron chi connectivity index (χ1n) is 3.10. The number of ether oxygens (including phenoxy) is 2. The maximum absolute atomic E-state index is 10.9. The van der Waals surface area contributed by atoms with Crippen molar-refractivity contribution in [2.24, 2.45) is 0 Å². The van der Waals surface area contributed by atoms with Gasteiger partial charge in [-0.1, -0.05) is 11.6 Å². The van der Waals surface area contributed by atoms with Gasteiger partial charge in [0.2, 0.25) is 5.76 Å². The van der Waals surface area contributed by atoms with Crippen molar-refractivity contribution < 1.29 is 18.7 Å². The zero-order chi connectivity index (χ0) is 9.14. The van der Waals surface area contributed by atoms with E-state index in [1.165, 1.54) is 20.3 Å². The summed E-state index contributed by atoms with van der Waals surface area (Å²) >= 11 is 5.62. The Morgan fingerprint density at radius 2 is 2.25 bits per heavy atom. The average Bonchev–Trinajstić information content (AvgIpc) is 2.45. The minimum Gasteiger partial charge on any atom is -0.467 e. The van der Waals surface area contributed by atoms with E-state index in [1.54, 1.807) is 0 Å². The largest absolute Gasteiger partial charge is 0.467 e. The van der Waals surface area contributed by atoms with Crippen LogP contribution in [-0.2, 0) is 4.74 Å². The van der Waals surface area contributed by atoms with Gasteiger partial charge in [-0.15, -0.1) is 0 Å². The topological polar surface area (TPSA) is 48.7 Å². The Bertz CT molecular complexity index is 292. The van der Waals surface area contributed by atoms with E-state index in [2.05, 4.69) is 4.74 Å². The molecule has 0 aliphatic rings. The van der Waals surface area contributed by atoms with Gasteiger partial charge in [-0.2, -0.15) is 0 Å². The fraction of sp³-hybridized carbons (Fsp3) is 0.286. The van der Waals surface area contributed by atoms with Crippen molar-refractivity contribution in [3.8, 4) is 5.95 Å². The van der Waals surface area contributed by atoms with Gasteiger partial charge >= 0.3 is 11.9 Å². The van der Waals surface area contributed by atoms with Crippen LogP contribution in [0, 0.1) is 0 Å². The van der Waals surface area contributed by atoms with Crippen LogP contribution in [0.25, 0.3) is 0 Å². The van der Waals surface area contributed by atoms with Crippen LogP contribution < -0.4 is 4.74 Å². The molecule has 12 heavy (non-hydrogen) atoms. The molecule has 4 nitrogen and oxygen atoms in total. The molecule has 5 heteroatoms. The first-order valence-corrected chi connectivity index (χ1v) is 3.48. The van der Waals surface area contributed by atoms with Crippen molar-refractivity contribution in [1.82, 2.24) is 0 Å². The highest BCUT2D eigenvalue weighted by Crippen LogP contribution is 2.28. The molecule has 0 amide bonds. The van der Waals surface area contributed by atoms with Crippen LogP contribution in [-0.4, -0.2) is 20.2 Å². The molecule has 0 atom stereocenters. The lowest BCUT2D eigenvalue weighted by molar-refractivity contribution is 0.0559. The summed E-state index contributed by atoms with van der Waals surface area (Å²) in [5.74, 6) is -0.448. The number of carbonyl (C=O) groups excluding carboxylic acids is 1. The molecule has 0 aromatic carbocycles. The maximum Gasteiger partial charge on any atom is 0.374 e. The number of methoxy groups -OCH3 is 2. The molecule has 1 rings (SSSR count). The molecule has 0 unspecified atom stereocenters. The summed E-state index contributed by atoms with van der Waals surface area (Å²) in [6.45, 7) is 0. The third kappa shape index (κ3) is 1.53. The number of esters is 1. The first kappa shape index (κ1) is 8.93. The smallest absolute Gasteiger partial charge is 0.374 e. The molecule has 0 fully saturated rings. The van der Waals surface area contributed by atoms with E-state index >= 15 is 0 Å². The normalized spacial score (nSPS) is 9.58.